The normalized spacial score (nSPS) is 13.0. The molecule has 0 radical (unpaired) electrons. The highest BCUT2D eigenvalue weighted by molar-refractivity contribution is 9.11. The van der Waals surface area contributed by atoms with Crippen LogP contribution >= 0.6 is 15.9 Å². The molecule has 0 N–H and O–H groups in total. The molecule has 0 aliphatic rings. The van der Waals surface area contributed by atoms with E-state index in [9.17, 15) is 4.79 Å². The van der Waals surface area contributed by atoms with Crippen molar-refractivity contribution in [2.24, 2.45) is 0 Å². The molecule has 0 fully saturated rings. The summed E-state index contributed by atoms with van der Waals surface area (Å²) >= 11 is 3.48. The third kappa shape index (κ3) is 6.08. The monoisotopic (exact) mass is 426 g/mol. The topological polar surface area (TPSA) is 35.5 Å². The lowest BCUT2D eigenvalue weighted by molar-refractivity contribution is 0.0546. The molecule has 25 heavy (non-hydrogen) atoms. The molecule has 0 amide bonds. The molecule has 0 saturated heterocycles. The van der Waals surface area contributed by atoms with Gasteiger partial charge in [0.25, 0.3) is 0 Å². The van der Waals surface area contributed by atoms with E-state index in [1.165, 1.54) is 0 Å². The van der Waals surface area contributed by atoms with Gasteiger partial charge in [-0.3, -0.25) is 0 Å². The first-order valence-electron chi connectivity index (χ1n) is 8.92. The third-order valence-electron chi connectivity index (χ3n) is 4.70. The maximum absolute atomic E-state index is 12.0. The summed E-state index contributed by atoms with van der Waals surface area (Å²) in [6.45, 7) is 14.4. The number of ether oxygens (including phenoxy) is 1. The zero-order chi connectivity index (χ0) is 19.0. The zero-order valence-corrected chi connectivity index (χ0v) is 18.8. The van der Waals surface area contributed by atoms with Gasteiger partial charge in [-0.2, -0.15) is 0 Å². The Hall–Kier alpha value is -0.913. The van der Waals surface area contributed by atoms with Crippen LogP contribution < -0.4 is 0 Å². The van der Waals surface area contributed by atoms with E-state index in [0.29, 0.717) is 28.8 Å². The van der Waals surface area contributed by atoms with Crippen LogP contribution in [0.2, 0.25) is 16.6 Å². The minimum absolute atomic E-state index is 0.219. The third-order valence-corrected chi connectivity index (χ3v) is 11.3. The van der Waals surface area contributed by atoms with Crippen molar-refractivity contribution in [1.29, 1.82) is 0 Å². The molecule has 1 rings (SSSR count). The molecular formula is C20H31BrO3Si. The number of esters is 1. The number of carbonyl (C=O) groups excluding carboxylic acids is 1. The van der Waals surface area contributed by atoms with Gasteiger partial charge in [0.2, 0.25) is 8.32 Å². The number of benzene rings is 1. The first-order valence-corrected chi connectivity index (χ1v) is 11.9. The van der Waals surface area contributed by atoms with E-state index in [0.717, 1.165) is 4.48 Å². The van der Waals surface area contributed by atoms with E-state index >= 15 is 0 Å². The van der Waals surface area contributed by atoms with Gasteiger partial charge in [0, 0.05) is 4.48 Å². The highest BCUT2D eigenvalue weighted by Crippen LogP contribution is 2.42. The lowest BCUT2D eigenvalue weighted by Crippen LogP contribution is -2.47. The maximum atomic E-state index is 12.0. The summed E-state index contributed by atoms with van der Waals surface area (Å²) in [4.78, 5) is 12.0. The summed E-state index contributed by atoms with van der Waals surface area (Å²) < 4.78 is 12.6. The Kier molecular flexibility index (Phi) is 9.11. The molecule has 5 heteroatoms. The van der Waals surface area contributed by atoms with Crippen molar-refractivity contribution in [2.75, 3.05) is 13.2 Å². The van der Waals surface area contributed by atoms with Crippen LogP contribution in [0.5, 0.6) is 0 Å². The van der Waals surface area contributed by atoms with Gasteiger partial charge in [0.15, 0.2) is 0 Å². The molecule has 0 aliphatic heterocycles. The van der Waals surface area contributed by atoms with Crippen molar-refractivity contribution in [3.05, 3.63) is 46.5 Å². The van der Waals surface area contributed by atoms with Crippen molar-refractivity contribution < 1.29 is 14.0 Å². The van der Waals surface area contributed by atoms with Crippen molar-refractivity contribution >= 4 is 30.2 Å². The maximum Gasteiger partial charge on any atom is 0.338 e. The molecule has 0 saturated carbocycles. The van der Waals surface area contributed by atoms with Gasteiger partial charge in [-0.05, 0) is 34.8 Å². The van der Waals surface area contributed by atoms with Gasteiger partial charge in [-0.1, -0.05) is 75.7 Å². The molecule has 0 heterocycles. The highest BCUT2D eigenvalue weighted by atomic mass is 79.9. The second-order valence-electron chi connectivity index (χ2n) is 7.22. The van der Waals surface area contributed by atoms with Gasteiger partial charge in [0.05, 0.1) is 12.2 Å². The van der Waals surface area contributed by atoms with E-state index in [4.69, 9.17) is 9.16 Å². The molecule has 140 valence electrons. The zero-order valence-electron chi connectivity index (χ0n) is 16.2. The Bertz CT molecular complexity index is 546. The van der Waals surface area contributed by atoms with Crippen LogP contribution in [0.15, 0.2) is 40.9 Å². The van der Waals surface area contributed by atoms with Gasteiger partial charge >= 0.3 is 5.97 Å². The second-order valence-corrected chi connectivity index (χ2v) is 13.7. The fourth-order valence-electron chi connectivity index (χ4n) is 3.63. The smallest absolute Gasteiger partial charge is 0.338 e. The van der Waals surface area contributed by atoms with E-state index < -0.39 is 8.32 Å². The molecule has 3 nitrogen and oxygen atoms in total. The molecule has 0 aromatic heterocycles. The summed E-state index contributed by atoms with van der Waals surface area (Å²) in [5.41, 5.74) is 2.21. The summed E-state index contributed by atoms with van der Waals surface area (Å²) in [6, 6.07) is 9.01. The number of carbonyl (C=O) groups is 1. The predicted octanol–water partition coefficient (Wildman–Crippen LogP) is 6.31. The molecule has 0 unspecified atom stereocenters. The first kappa shape index (κ1) is 22.1. The fraction of sp³-hybridized carbons (Fsp3) is 0.550. The first-order chi connectivity index (χ1) is 11.7. The Labute approximate surface area is 162 Å². The quantitative estimate of drug-likeness (QED) is 0.342. The average Bonchev–Trinajstić information content (AvgIpc) is 2.56. The van der Waals surface area contributed by atoms with Crippen molar-refractivity contribution in [3.63, 3.8) is 0 Å². The predicted molar refractivity (Wildman–Crippen MR) is 111 cm³/mol. The minimum Gasteiger partial charge on any atom is -0.457 e. The van der Waals surface area contributed by atoms with E-state index in [1.807, 2.05) is 24.3 Å². The molecule has 0 atom stereocenters. The SMILES string of the molecule is CC(C)[Si](OC/C=C(\Br)COC(=O)c1ccccc1)(C(C)C)C(C)C. The van der Waals surface area contributed by atoms with Gasteiger partial charge in [0.1, 0.15) is 6.61 Å². The van der Waals surface area contributed by atoms with Crippen LogP contribution in [0.3, 0.4) is 0 Å². The number of hydrogen-bond acceptors (Lipinski definition) is 3. The summed E-state index contributed by atoms with van der Waals surface area (Å²) in [6.07, 6.45) is 1.97. The van der Waals surface area contributed by atoms with Crippen molar-refractivity contribution in [3.8, 4) is 0 Å². The lowest BCUT2D eigenvalue weighted by Gasteiger charge is -2.41. The number of hydrogen-bond donors (Lipinski definition) is 0. The molecule has 1 aromatic carbocycles. The Morgan fingerprint density at radius 3 is 2.04 bits per heavy atom. The van der Waals surface area contributed by atoms with Crippen LogP contribution in [-0.2, 0) is 9.16 Å². The minimum atomic E-state index is -1.87. The fourth-order valence-corrected chi connectivity index (χ4v) is 9.25. The highest BCUT2D eigenvalue weighted by Gasteiger charge is 2.44. The van der Waals surface area contributed by atoms with Crippen LogP contribution in [0, 0.1) is 0 Å². The van der Waals surface area contributed by atoms with Gasteiger partial charge in [-0.15, -0.1) is 0 Å². The van der Waals surface area contributed by atoms with Crippen molar-refractivity contribution in [2.45, 2.75) is 58.2 Å². The Morgan fingerprint density at radius 2 is 1.56 bits per heavy atom. The van der Waals surface area contributed by atoms with Gasteiger partial charge < -0.3 is 9.16 Å². The summed E-state index contributed by atoms with van der Waals surface area (Å²) in [5.74, 6) is -0.317. The molecule has 0 aliphatic carbocycles. The van der Waals surface area contributed by atoms with Crippen LogP contribution in [0.4, 0.5) is 0 Å². The molecule has 1 aromatic rings. The summed E-state index contributed by atoms with van der Waals surface area (Å²) in [5, 5.41) is 0. The molecule has 0 spiro atoms. The summed E-state index contributed by atoms with van der Waals surface area (Å²) in [7, 11) is -1.87. The Morgan fingerprint density at radius 1 is 1.04 bits per heavy atom. The standard InChI is InChI=1S/C20H31BrO3Si/c1-15(2)25(16(3)4,17(5)6)24-13-12-19(21)14-23-20(22)18-10-8-7-9-11-18/h7-12,15-17H,13-14H2,1-6H3/b19-12-. The molecule has 0 bridgehead atoms. The number of halogens is 1. The lowest BCUT2D eigenvalue weighted by atomic mass is 10.2. The van der Waals surface area contributed by atoms with E-state index in [2.05, 4.69) is 57.5 Å². The molecular weight excluding hydrogens is 396 g/mol. The van der Waals surface area contributed by atoms with Crippen LogP contribution in [-0.4, -0.2) is 27.5 Å². The second kappa shape index (κ2) is 10.3. The number of rotatable bonds is 9. The van der Waals surface area contributed by atoms with Crippen LogP contribution in [0.25, 0.3) is 0 Å². The largest absolute Gasteiger partial charge is 0.457 e. The van der Waals surface area contributed by atoms with Gasteiger partial charge in [-0.25, -0.2) is 4.79 Å². The Balaban J connectivity index is 2.61. The van der Waals surface area contributed by atoms with Crippen LogP contribution in [0.1, 0.15) is 51.9 Å². The van der Waals surface area contributed by atoms with Crippen molar-refractivity contribution in [1.82, 2.24) is 0 Å². The van der Waals surface area contributed by atoms with E-state index in [1.54, 1.807) is 12.1 Å². The van der Waals surface area contributed by atoms with E-state index in [-0.39, 0.29) is 12.6 Å². The average molecular weight is 427 g/mol.